The normalized spacial score (nSPS) is 17.6. The van der Waals surface area contributed by atoms with Gasteiger partial charge in [0.2, 0.25) is 11.8 Å². The molecule has 2 aliphatic rings. The minimum atomic E-state index is -0.0378. The summed E-state index contributed by atoms with van der Waals surface area (Å²) in [6.45, 7) is 3.04. The van der Waals surface area contributed by atoms with Gasteiger partial charge in [0.15, 0.2) is 11.5 Å². The third-order valence-corrected chi connectivity index (χ3v) is 4.58. The fourth-order valence-corrected chi connectivity index (χ4v) is 3.12. The lowest BCUT2D eigenvalue weighted by atomic mass is 10.2. The minimum absolute atomic E-state index is 0.0378. The van der Waals surface area contributed by atoms with E-state index in [-0.39, 0.29) is 11.8 Å². The summed E-state index contributed by atoms with van der Waals surface area (Å²) in [5.41, 5.74) is 0.975. The second kappa shape index (κ2) is 8.74. The van der Waals surface area contributed by atoms with Crippen LogP contribution in [0.3, 0.4) is 0 Å². The third kappa shape index (κ3) is 5.11. The molecular formula is C19H26N2O4. The summed E-state index contributed by atoms with van der Waals surface area (Å²) in [6.07, 6.45) is 4.92. The molecule has 1 aromatic rings. The topological polar surface area (TPSA) is 67.9 Å². The highest BCUT2D eigenvalue weighted by Crippen LogP contribution is 2.30. The van der Waals surface area contributed by atoms with E-state index in [4.69, 9.17) is 9.47 Å². The lowest BCUT2D eigenvalue weighted by Gasteiger charge is -2.20. The van der Waals surface area contributed by atoms with E-state index >= 15 is 0 Å². The van der Waals surface area contributed by atoms with Crippen molar-refractivity contribution in [1.29, 1.82) is 0 Å². The lowest BCUT2D eigenvalue weighted by Crippen LogP contribution is -2.34. The second-order valence-corrected chi connectivity index (χ2v) is 6.55. The molecule has 2 heterocycles. The molecule has 1 N–H and O–H groups in total. The molecule has 0 bridgehead atoms. The smallest absolute Gasteiger partial charge is 0.222 e. The number of nitrogens with zero attached hydrogens (tertiary/aromatic N) is 1. The first-order valence-corrected chi connectivity index (χ1v) is 9.15. The average Bonchev–Trinajstić information content (AvgIpc) is 2.98. The summed E-state index contributed by atoms with van der Waals surface area (Å²) in [5.74, 6) is 1.63. The predicted molar refractivity (Wildman–Crippen MR) is 93.6 cm³/mol. The van der Waals surface area contributed by atoms with Crippen LogP contribution in [0.5, 0.6) is 11.5 Å². The fourth-order valence-electron chi connectivity index (χ4n) is 3.12. The Morgan fingerprint density at radius 1 is 1.08 bits per heavy atom. The molecule has 0 spiro atoms. The minimum Gasteiger partial charge on any atom is -0.490 e. The second-order valence-electron chi connectivity index (χ2n) is 6.55. The molecule has 6 nitrogen and oxygen atoms in total. The van der Waals surface area contributed by atoms with Crippen LogP contribution in [0.15, 0.2) is 18.2 Å². The largest absolute Gasteiger partial charge is 0.490 e. The van der Waals surface area contributed by atoms with Crippen molar-refractivity contribution in [3.05, 3.63) is 23.8 Å². The van der Waals surface area contributed by atoms with Crippen LogP contribution in [0.25, 0.3) is 0 Å². The lowest BCUT2D eigenvalue weighted by molar-refractivity contribution is -0.131. The van der Waals surface area contributed by atoms with Crippen LogP contribution in [0.1, 0.15) is 44.1 Å². The van der Waals surface area contributed by atoms with Gasteiger partial charge in [-0.05, 0) is 30.5 Å². The number of hydrogen-bond donors (Lipinski definition) is 1. The summed E-state index contributed by atoms with van der Waals surface area (Å²) < 4.78 is 11.3. The maximum atomic E-state index is 12.1. The van der Waals surface area contributed by atoms with E-state index in [0.717, 1.165) is 49.3 Å². The monoisotopic (exact) mass is 346 g/mol. The Balaban J connectivity index is 1.45. The van der Waals surface area contributed by atoms with Gasteiger partial charge in [-0.1, -0.05) is 12.5 Å². The Morgan fingerprint density at radius 3 is 2.80 bits per heavy atom. The zero-order chi connectivity index (χ0) is 17.5. The molecule has 0 saturated carbocycles. The summed E-state index contributed by atoms with van der Waals surface area (Å²) in [5, 5.41) is 2.92. The maximum Gasteiger partial charge on any atom is 0.222 e. The van der Waals surface area contributed by atoms with E-state index in [1.54, 1.807) is 0 Å². The number of carbonyl (C=O) groups excluding carboxylic acids is 2. The number of amides is 2. The van der Waals surface area contributed by atoms with Crippen LogP contribution < -0.4 is 14.8 Å². The summed E-state index contributed by atoms with van der Waals surface area (Å²) in [4.78, 5) is 25.8. The SMILES string of the molecule is O=C(CCN1CCCCCC1=O)NCc1ccc2c(c1)OCCCO2. The molecule has 3 rings (SSSR count). The molecule has 25 heavy (non-hydrogen) atoms. The predicted octanol–water partition coefficient (Wildman–Crippen LogP) is 2.26. The van der Waals surface area contributed by atoms with Gasteiger partial charge < -0.3 is 19.7 Å². The van der Waals surface area contributed by atoms with Crippen molar-refractivity contribution in [1.82, 2.24) is 10.2 Å². The Morgan fingerprint density at radius 2 is 1.92 bits per heavy atom. The van der Waals surface area contributed by atoms with Crippen molar-refractivity contribution >= 4 is 11.8 Å². The van der Waals surface area contributed by atoms with Crippen molar-refractivity contribution < 1.29 is 19.1 Å². The van der Waals surface area contributed by atoms with Gasteiger partial charge in [-0.3, -0.25) is 9.59 Å². The zero-order valence-electron chi connectivity index (χ0n) is 14.6. The Hall–Kier alpha value is -2.24. The summed E-state index contributed by atoms with van der Waals surface area (Å²) in [6, 6.07) is 5.74. The molecule has 2 amide bonds. The fraction of sp³-hybridized carbons (Fsp3) is 0.579. The van der Waals surface area contributed by atoms with Crippen LogP contribution in [0.2, 0.25) is 0 Å². The molecule has 2 aliphatic heterocycles. The van der Waals surface area contributed by atoms with E-state index in [9.17, 15) is 9.59 Å². The van der Waals surface area contributed by atoms with Crippen LogP contribution in [0, 0.1) is 0 Å². The number of ether oxygens (including phenoxy) is 2. The van der Waals surface area contributed by atoms with Gasteiger partial charge in [-0.25, -0.2) is 0 Å². The van der Waals surface area contributed by atoms with Crippen molar-refractivity contribution in [2.24, 2.45) is 0 Å². The van der Waals surface area contributed by atoms with E-state index in [0.29, 0.717) is 39.1 Å². The van der Waals surface area contributed by atoms with Gasteiger partial charge in [0, 0.05) is 38.9 Å². The average molecular weight is 346 g/mol. The molecule has 1 fully saturated rings. The Labute approximate surface area is 148 Å². The summed E-state index contributed by atoms with van der Waals surface area (Å²) in [7, 11) is 0. The maximum absolute atomic E-state index is 12.1. The first kappa shape index (κ1) is 17.6. The Kier molecular flexibility index (Phi) is 6.14. The first-order valence-electron chi connectivity index (χ1n) is 9.15. The van der Waals surface area contributed by atoms with Crippen molar-refractivity contribution in [2.45, 2.75) is 45.1 Å². The highest BCUT2D eigenvalue weighted by Gasteiger charge is 2.17. The van der Waals surface area contributed by atoms with Gasteiger partial charge in [-0.15, -0.1) is 0 Å². The van der Waals surface area contributed by atoms with Gasteiger partial charge in [-0.2, -0.15) is 0 Å². The number of hydrogen-bond acceptors (Lipinski definition) is 4. The molecule has 136 valence electrons. The van der Waals surface area contributed by atoms with E-state index < -0.39 is 0 Å². The van der Waals surface area contributed by atoms with Crippen molar-refractivity contribution in [3.63, 3.8) is 0 Å². The molecule has 0 aliphatic carbocycles. The van der Waals surface area contributed by atoms with Crippen molar-refractivity contribution in [3.8, 4) is 11.5 Å². The summed E-state index contributed by atoms with van der Waals surface area (Å²) >= 11 is 0. The van der Waals surface area contributed by atoms with E-state index in [1.807, 2.05) is 23.1 Å². The van der Waals surface area contributed by atoms with Crippen LogP contribution in [-0.4, -0.2) is 43.0 Å². The molecular weight excluding hydrogens is 320 g/mol. The van der Waals surface area contributed by atoms with Crippen LogP contribution >= 0.6 is 0 Å². The highest BCUT2D eigenvalue weighted by molar-refractivity contribution is 5.79. The van der Waals surface area contributed by atoms with Crippen LogP contribution in [-0.2, 0) is 16.1 Å². The van der Waals surface area contributed by atoms with Gasteiger partial charge in [0.05, 0.1) is 13.2 Å². The molecule has 0 aromatic heterocycles. The standard InChI is InChI=1S/C19H26N2O4/c22-18(8-10-21-9-3-1-2-5-19(21)23)20-14-15-6-7-16-17(13-15)25-12-4-11-24-16/h6-7,13H,1-5,8-12,14H2,(H,20,22). The molecule has 0 atom stereocenters. The number of carbonyl (C=O) groups is 2. The van der Waals surface area contributed by atoms with E-state index in [1.165, 1.54) is 0 Å². The molecule has 6 heteroatoms. The van der Waals surface area contributed by atoms with E-state index in [2.05, 4.69) is 5.32 Å². The quantitative estimate of drug-likeness (QED) is 0.888. The van der Waals surface area contributed by atoms with Gasteiger partial charge in [0.1, 0.15) is 0 Å². The van der Waals surface area contributed by atoms with Crippen molar-refractivity contribution in [2.75, 3.05) is 26.3 Å². The number of benzene rings is 1. The van der Waals surface area contributed by atoms with Gasteiger partial charge in [0.25, 0.3) is 0 Å². The first-order chi connectivity index (χ1) is 12.2. The van der Waals surface area contributed by atoms with Gasteiger partial charge >= 0.3 is 0 Å². The number of rotatable bonds is 5. The number of likely N-dealkylation sites (tertiary alicyclic amines) is 1. The third-order valence-electron chi connectivity index (χ3n) is 4.58. The molecule has 0 unspecified atom stereocenters. The molecule has 1 aromatic carbocycles. The molecule has 1 saturated heterocycles. The number of fused-ring (bicyclic) bond motifs is 1. The number of nitrogens with one attached hydrogen (secondary N) is 1. The van der Waals surface area contributed by atoms with Crippen LogP contribution in [0.4, 0.5) is 0 Å². The zero-order valence-corrected chi connectivity index (χ0v) is 14.6. The highest BCUT2D eigenvalue weighted by atomic mass is 16.5. The Bertz CT molecular complexity index is 617. The molecule has 0 radical (unpaired) electrons.